The highest BCUT2D eigenvalue weighted by molar-refractivity contribution is 5.55. The van der Waals surface area contributed by atoms with Crippen molar-refractivity contribution in [1.82, 2.24) is 24.8 Å². The van der Waals surface area contributed by atoms with Crippen molar-refractivity contribution in [2.75, 3.05) is 18.0 Å². The molecular weight excluding hydrogens is 325 g/mol. The maximum Gasteiger partial charge on any atom is 0.416 e. The van der Waals surface area contributed by atoms with Crippen LogP contribution in [0.3, 0.4) is 0 Å². The lowest BCUT2D eigenvalue weighted by atomic mass is 9.99. The highest BCUT2D eigenvalue weighted by atomic mass is 19.4. The van der Waals surface area contributed by atoms with Crippen LogP contribution in [0.5, 0.6) is 0 Å². The van der Waals surface area contributed by atoms with Gasteiger partial charge < -0.3 is 10.0 Å². The maximum atomic E-state index is 13.1. The number of rotatable bonds is 2. The topological polar surface area (TPSA) is 82.3 Å². The molecule has 126 valence electrons. The van der Waals surface area contributed by atoms with Gasteiger partial charge in [-0.1, -0.05) is 0 Å². The summed E-state index contributed by atoms with van der Waals surface area (Å²) in [6.45, 7) is 0.511. The van der Waals surface area contributed by atoms with Gasteiger partial charge >= 0.3 is 6.18 Å². The second-order valence-corrected chi connectivity index (χ2v) is 5.80. The van der Waals surface area contributed by atoms with Crippen LogP contribution in [0.2, 0.25) is 0 Å². The quantitative estimate of drug-likeness (QED) is 0.741. The van der Waals surface area contributed by atoms with Crippen molar-refractivity contribution < 1.29 is 18.3 Å². The summed E-state index contributed by atoms with van der Waals surface area (Å²) in [5, 5.41) is 21.3. The molecule has 1 aliphatic rings. The minimum absolute atomic E-state index is 0.108. The first-order valence-electron chi connectivity index (χ1n) is 7.25. The predicted molar refractivity (Wildman–Crippen MR) is 77.3 cm³/mol. The fourth-order valence-corrected chi connectivity index (χ4v) is 3.02. The number of anilines is 1. The Bertz CT molecular complexity index is 874. The molecule has 0 amide bonds. The smallest absolute Gasteiger partial charge is 0.382 e. The first-order valence-corrected chi connectivity index (χ1v) is 7.25. The van der Waals surface area contributed by atoms with E-state index in [1.165, 1.54) is 17.0 Å². The Kier molecular flexibility index (Phi) is 3.07. The number of nitrogens with zero attached hydrogens (tertiary/aromatic N) is 5. The van der Waals surface area contributed by atoms with Gasteiger partial charge in [0.05, 0.1) is 17.8 Å². The molecule has 0 aliphatic carbocycles. The predicted octanol–water partition coefficient (Wildman–Crippen LogP) is 1.57. The molecule has 0 radical (unpaired) electrons. The van der Waals surface area contributed by atoms with E-state index in [0.717, 1.165) is 12.1 Å². The minimum atomic E-state index is -4.48. The molecule has 3 aromatic rings. The van der Waals surface area contributed by atoms with Crippen LogP contribution in [0.4, 0.5) is 19.0 Å². The van der Waals surface area contributed by atoms with E-state index < -0.39 is 17.3 Å². The number of β-amino-alcohol motifs (C(OH)–C–C–N with tert-alkyl or cyclic N) is 1. The zero-order chi connectivity index (χ0) is 16.9. The van der Waals surface area contributed by atoms with Gasteiger partial charge in [-0.05, 0) is 18.2 Å². The van der Waals surface area contributed by atoms with E-state index in [2.05, 4.69) is 20.3 Å². The summed E-state index contributed by atoms with van der Waals surface area (Å²) >= 11 is 0. The van der Waals surface area contributed by atoms with Gasteiger partial charge in [-0.2, -0.15) is 27.9 Å². The zero-order valence-corrected chi connectivity index (χ0v) is 12.3. The molecule has 7 nitrogen and oxygen atoms in total. The van der Waals surface area contributed by atoms with Crippen LogP contribution in [-0.2, 0) is 11.8 Å². The summed E-state index contributed by atoms with van der Waals surface area (Å²) in [7, 11) is 0. The lowest BCUT2D eigenvalue weighted by Gasteiger charge is -2.24. The third-order valence-corrected chi connectivity index (χ3v) is 4.26. The second-order valence-electron chi connectivity index (χ2n) is 5.80. The number of fused-ring (bicyclic) bond motifs is 1. The average molecular weight is 338 g/mol. The second kappa shape index (κ2) is 4.94. The first kappa shape index (κ1) is 14.9. The molecular formula is C14H13F3N6O. The van der Waals surface area contributed by atoms with Crippen LogP contribution in [0, 0.1) is 0 Å². The summed E-state index contributed by atoms with van der Waals surface area (Å²) in [4.78, 5) is 5.52. The summed E-state index contributed by atoms with van der Waals surface area (Å²) in [6.07, 6.45) is -1.39. The first-order chi connectivity index (χ1) is 11.4. The SMILES string of the molecule is OC1(c2ccn[nH]2)CCN(c2cc(C(F)(F)F)cc3ncnn23)C1. The zero-order valence-electron chi connectivity index (χ0n) is 12.3. The number of pyridine rings is 1. The standard InChI is InChI=1S/C14H13F3N6O/c15-14(16,17)9-5-11-18-8-20-23(11)12(6-9)22-4-2-13(24,7-22)10-1-3-19-21-10/h1,3,5-6,8,24H,2,4,7H2,(H,19,21). The van der Waals surface area contributed by atoms with Crippen LogP contribution < -0.4 is 4.90 Å². The largest absolute Gasteiger partial charge is 0.416 e. The van der Waals surface area contributed by atoms with Gasteiger partial charge in [0.1, 0.15) is 17.7 Å². The molecule has 0 bridgehead atoms. The van der Waals surface area contributed by atoms with Crippen LogP contribution in [0.25, 0.3) is 5.65 Å². The maximum absolute atomic E-state index is 13.1. The van der Waals surface area contributed by atoms with Crippen molar-refractivity contribution in [2.24, 2.45) is 0 Å². The van der Waals surface area contributed by atoms with Crippen molar-refractivity contribution in [3.63, 3.8) is 0 Å². The molecule has 0 spiro atoms. The van der Waals surface area contributed by atoms with E-state index in [4.69, 9.17) is 0 Å². The molecule has 1 atom stereocenters. The molecule has 4 heterocycles. The lowest BCUT2D eigenvalue weighted by molar-refractivity contribution is -0.137. The number of aromatic nitrogens is 5. The Hall–Kier alpha value is -2.62. The summed E-state index contributed by atoms with van der Waals surface area (Å²) in [5.74, 6) is 0.243. The number of H-pyrrole nitrogens is 1. The molecule has 1 unspecified atom stereocenters. The average Bonchev–Trinajstić information content (AvgIpc) is 3.26. The fourth-order valence-electron chi connectivity index (χ4n) is 3.02. The third kappa shape index (κ3) is 2.30. The number of hydrogen-bond acceptors (Lipinski definition) is 5. The summed E-state index contributed by atoms with van der Waals surface area (Å²) in [6, 6.07) is 3.63. The Morgan fingerprint density at radius 3 is 2.83 bits per heavy atom. The van der Waals surface area contributed by atoms with Crippen LogP contribution >= 0.6 is 0 Å². The minimum Gasteiger partial charge on any atom is -0.382 e. The molecule has 24 heavy (non-hydrogen) atoms. The van der Waals surface area contributed by atoms with E-state index in [1.54, 1.807) is 11.0 Å². The highest BCUT2D eigenvalue weighted by Crippen LogP contribution is 2.36. The van der Waals surface area contributed by atoms with Gasteiger partial charge in [0.15, 0.2) is 5.65 Å². The monoisotopic (exact) mass is 338 g/mol. The molecule has 2 N–H and O–H groups in total. The number of hydrogen-bond donors (Lipinski definition) is 2. The highest BCUT2D eigenvalue weighted by Gasteiger charge is 2.40. The molecule has 3 aromatic heterocycles. The molecule has 0 saturated carbocycles. The number of alkyl halides is 3. The van der Waals surface area contributed by atoms with Gasteiger partial charge in [0.2, 0.25) is 0 Å². The Morgan fingerprint density at radius 2 is 2.12 bits per heavy atom. The van der Waals surface area contributed by atoms with Crippen molar-refractivity contribution in [2.45, 2.75) is 18.2 Å². The number of halogens is 3. The fraction of sp³-hybridized carbons (Fsp3) is 0.357. The molecule has 1 fully saturated rings. The molecule has 0 aromatic carbocycles. The van der Waals surface area contributed by atoms with E-state index in [9.17, 15) is 18.3 Å². The number of nitrogens with one attached hydrogen (secondary N) is 1. The Balaban J connectivity index is 1.76. The van der Waals surface area contributed by atoms with E-state index in [0.29, 0.717) is 18.7 Å². The lowest BCUT2D eigenvalue weighted by Crippen LogP contribution is -2.32. The Labute approximate surface area is 133 Å². The van der Waals surface area contributed by atoms with Gasteiger partial charge in [-0.25, -0.2) is 4.98 Å². The van der Waals surface area contributed by atoms with Crippen molar-refractivity contribution >= 4 is 11.5 Å². The van der Waals surface area contributed by atoms with Crippen molar-refractivity contribution in [3.05, 3.63) is 42.0 Å². The molecule has 1 aliphatic heterocycles. The van der Waals surface area contributed by atoms with E-state index in [1.807, 2.05) is 0 Å². The third-order valence-electron chi connectivity index (χ3n) is 4.26. The summed E-state index contributed by atoms with van der Waals surface area (Å²) in [5.41, 5.74) is -1.35. The molecule has 4 rings (SSSR count). The number of aliphatic hydroxyl groups is 1. The van der Waals surface area contributed by atoms with Gasteiger partial charge in [0.25, 0.3) is 0 Å². The van der Waals surface area contributed by atoms with Gasteiger partial charge in [-0.3, -0.25) is 5.10 Å². The van der Waals surface area contributed by atoms with Gasteiger partial charge in [-0.15, -0.1) is 0 Å². The molecule has 1 saturated heterocycles. The Morgan fingerprint density at radius 1 is 1.29 bits per heavy atom. The van der Waals surface area contributed by atoms with Crippen LogP contribution in [-0.4, -0.2) is 43.0 Å². The van der Waals surface area contributed by atoms with Crippen LogP contribution in [0.1, 0.15) is 17.7 Å². The van der Waals surface area contributed by atoms with Crippen molar-refractivity contribution in [1.29, 1.82) is 0 Å². The molecule has 10 heteroatoms. The van der Waals surface area contributed by atoms with Crippen molar-refractivity contribution in [3.8, 4) is 0 Å². The van der Waals surface area contributed by atoms with E-state index in [-0.39, 0.29) is 18.0 Å². The van der Waals surface area contributed by atoms with E-state index >= 15 is 0 Å². The summed E-state index contributed by atoms with van der Waals surface area (Å²) < 4.78 is 40.7. The number of aromatic amines is 1. The van der Waals surface area contributed by atoms with Crippen LogP contribution in [0.15, 0.2) is 30.7 Å². The normalized spacial score (nSPS) is 21.8. The van der Waals surface area contributed by atoms with Gasteiger partial charge in [0, 0.05) is 19.2 Å².